The summed E-state index contributed by atoms with van der Waals surface area (Å²) in [4.78, 5) is 0.933. The van der Waals surface area contributed by atoms with Crippen LogP contribution in [0, 0.1) is 20.8 Å². The molecule has 1 saturated heterocycles. The van der Waals surface area contributed by atoms with E-state index in [0.29, 0.717) is 54.0 Å². The predicted molar refractivity (Wildman–Crippen MR) is 219 cm³/mol. The lowest BCUT2D eigenvalue weighted by atomic mass is 10.1. The van der Waals surface area contributed by atoms with E-state index in [2.05, 4.69) is 0 Å². The third kappa shape index (κ3) is 13.3. The van der Waals surface area contributed by atoms with Gasteiger partial charge in [0.15, 0.2) is 0 Å². The van der Waals surface area contributed by atoms with Gasteiger partial charge in [-0.3, -0.25) is 0 Å². The molecule has 1 fully saturated rings. The van der Waals surface area contributed by atoms with Crippen LogP contribution >= 0.6 is 0 Å². The average Bonchev–Trinajstić information content (AvgIpc) is 3.14. The van der Waals surface area contributed by atoms with E-state index in [1.165, 1.54) is 0 Å². The molecular weight excluding hydrogens is 739 g/mol. The minimum absolute atomic E-state index is 0.311. The molecule has 4 rings (SSSR count). The van der Waals surface area contributed by atoms with Crippen LogP contribution in [0.2, 0.25) is 0 Å². The number of benzene rings is 3. The highest BCUT2D eigenvalue weighted by Gasteiger charge is 2.26. The first-order valence-corrected chi connectivity index (χ1v) is 24.3. The Morgan fingerprint density at radius 3 is 0.648 bits per heavy atom. The maximum atomic E-state index is 13.7. The van der Waals surface area contributed by atoms with Crippen molar-refractivity contribution in [1.82, 2.24) is 12.9 Å². The molecule has 0 saturated carbocycles. The number of hydrogen-bond donors (Lipinski definition) is 0. The van der Waals surface area contributed by atoms with E-state index in [-0.39, 0.29) is 0 Å². The zero-order valence-electron chi connectivity index (χ0n) is 32.8. The van der Waals surface area contributed by atoms with Crippen LogP contribution in [0.15, 0.2) is 87.5 Å². The molecule has 0 aromatic heterocycles. The van der Waals surface area contributed by atoms with Gasteiger partial charge >= 0.3 is 0 Å². The monoisotopic (exact) mass is 801 g/mol. The zero-order chi connectivity index (χ0) is 39.0. The van der Waals surface area contributed by atoms with Gasteiger partial charge in [-0.05, 0) is 95.7 Å². The van der Waals surface area contributed by atoms with Gasteiger partial charge in [-0.25, -0.2) is 25.3 Å². The summed E-state index contributed by atoms with van der Waals surface area (Å²) in [6.07, 6.45) is 12.4. The van der Waals surface area contributed by atoms with Crippen molar-refractivity contribution in [2.75, 3.05) is 39.3 Å². The van der Waals surface area contributed by atoms with Crippen molar-refractivity contribution in [3.63, 3.8) is 0 Å². The van der Waals surface area contributed by atoms with E-state index in [0.717, 1.165) is 113 Å². The quantitative estimate of drug-likeness (QED) is 0.246. The maximum Gasteiger partial charge on any atom is 0.243 e. The van der Waals surface area contributed by atoms with E-state index in [4.69, 9.17) is 0 Å². The van der Waals surface area contributed by atoms with Crippen LogP contribution < -0.4 is 0 Å². The van der Waals surface area contributed by atoms with Crippen molar-refractivity contribution >= 4 is 30.1 Å². The second-order valence-electron chi connectivity index (χ2n) is 15.0. The fourth-order valence-corrected chi connectivity index (χ4v) is 11.5. The molecule has 3 aromatic carbocycles. The molecule has 0 spiro atoms. The Labute approximate surface area is 327 Å². The summed E-state index contributed by atoms with van der Waals surface area (Å²) < 4.78 is 87.3. The number of sulfonamides is 3. The predicted octanol–water partition coefficient (Wildman–Crippen LogP) is 8.85. The summed E-state index contributed by atoms with van der Waals surface area (Å²) in [6, 6.07) is 21.1. The first-order valence-electron chi connectivity index (χ1n) is 20.0. The van der Waals surface area contributed by atoms with Gasteiger partial charge in [0, 0.05) is 39.3 Å². The van der Waals surface area contributed by atoms with E-state index in [1.807, 2.05) is 57.2 Å². The van der Waals surface area contributed by atoms with E-state index in [9.17, 15) is 25.3 Å². The van der Waals surface area contributed by atoms with Crippen LogP contribution in [0.5, 0.6) is 0 Å². The molecule has 0 radical (unpaired) electrons. The number of hydrogen-bond acceptors (Lipinski definition) is 6. The third-order valence-corrected chi connectivity index (χ3v) is 16.2. The lowest BCUT2D eigenvalue weighted by Gasteiger charge is -2.24. The van der Waals surface area contributed by atoms with Gasteiger partial charge in [0.05, 0.1) is 14.7 Å². The summed E-state index contributed by atoms with van der Waals surface area (Å²) in [5, 5.41) is 0. The first kappa shape index (κ1) is 44.1. The Morgan fingerprint density at radius 1 is 0.296 bits per heavy atom. The molecule has 0 bridgehead atoms. The molecule has 1 aliphatic rings. The Balaban J connectivity index is 1.46. The van der Waals surface area contributed by atoms with Crippen molar-refractivity contribution in [3.05, 3.63) is 89.5 Å². The average molecular weight is 802 g/mol. The highest BCUT2D eigenvalue weighted by molar-refractivity contribution is 7.89. The Morgan fingerprint density at radius 2 is 0.463 bits per heavy atom. The van der Waals surface area contributed by atoms with Gasteiger partial charge in [-0.1, -0.05) is 111 Å². The number of rotatable bonds is 6. The second-order valence-corrected chi connectivity index (χ2v) is 20.8. The van der Waals surface area contributed by atoms with Crippen molar-refractivity contribution in [2.24, 2.45) is 0 Å². The van der Waals surface area contributed by atoms with Crippen molar-refractivity contribution in [2.45, 2.75) is 132 Å². The normalized spacial score (nSPS) is 19.2. The van der Waals surface area contributed by atoms with Gasteiger partial charge in [-0.2, -0.15) is 12.9 Å². The topological polar surface area (TPSA) is 112 Å². The molecule has 12 heteroatoms. The summed E-state index contributed by atoms with van der Waals surface area (Å²) in [7, 11) is -10.9. The lowest BCUT2D eigenvalue weighted by Crippen LogP contribution is -2.33. The second kappa shape index (κ2) is 21.6. The molecule has 300 valence electrons. The largest absolute Gasteiger partial charge is 0.243 e. The molecule has 0 N–H and O–H groups in total. The highest BCUT2D eigenvalue weighted by Crippen LogP contribution is 2.23. The fourth-order valence-electron chi connectivity index (χ4n) is 6.95. The minimum atomic E-state index is -3.65. The van der Waals surface area contributed by atoms with Crippen LogP contribution in [0.3, 0.4) is 0 Å². The van der Waals surface area contributed by atoms with Crippen LogP contribution in [0.25, 0.3) is 0 Å². The molecule has 9 nitrogen and oxygen atoms in total. The molecule has 0 amide bonds. The Kier molecular flexibility index (Phi) is 17.7. The van der Waals surface area contributed by atoms with E-state index < -0.39 is 30.1 Å². The van der Waals surface area contributed by atoms with Crippen LogP contribution in [0.1, 0.15) is 113 Å². The molecule has 1 heterocycles. The number of nitrogens with zero attached hydrogens (tertiary/aromatic N) is 3. The minimum Gasteiger partial charge on any atom is -0.207 e. The summed E-state index contributed by atoms with van der Waals surface area (Å²) >= 11 is 0. The summed E-state index contributed by atoms with van der Waals surface area (Å²) in [5.74, 6) is 0. The SMILES string of the molecule is Cc1ccc(S(=O)(=O)N2CCCCCCCN(S(=O)(=O)c3ccc(C)cc3)CCCCCCCN(S(=O)(=O)c3ccc(C)cc3)CCCCCCC2)cc1. The highest BCUT2D eigenvalue weighted by atomic mass is 32.2. The van der Waals surface area contributed by atoms with Gasteiger partial charge < -0.3 is 0 Å². The van der Waals surface area contributed by atoms with E-state index >= 15 is 0 Å². The molecular formula is C42H63N3O6S3. The van der Waals surface area contributed by atoms with Crippen molar-refractivity contribution in [3.8, 4) is 0 Å². The molecule has 0 atom stereocenters. The van der Waals surface area contributed by atoms with E-state index in [1.54, 1.807) is 49.3 Å². The van der Waals surface area contributed by atoms with Crippen LogP contribution in [0.4, 0.5) is 0 Å². The van der Waals surface area contributed by atoms with Gasteiger partial charge in [0.1, 0.15) is 0 Å². The van der Waals surface area contributed by atoms with Gasteiger partial charge in [0.2, 0.25) is 30.1 Å². The van der Waals surface area contributed by atoms with Crippen LogP contribution in [-0.4, -0.2) is 77.4 Å². The number of aryl methyl sites for hydroxylation is 3. The molecule has 54 heavy (non-hydrogen) atoms. The Hall–Kier alpha value is -2.61. The smallest absolute Gasteiger partial charge is 0.207 e. The first-order chi connectivity index (χ1) is 25.8. The Bertz CT molecular complexity index is 1640. The van der Waals surface area contributed by atoms with Crippen LogP contribution in [-0.2, 0) is 30.1 Å². The molecule has 0 aliphatic carbocycles. The maximum absolute atomic E-state index is 13.7. The molecule has 3 aromatic rings. The summed E-state index contributed by atoms with van der Waals surface area (Å²) in [6.45, 7) is 8.47. The third-order valence-electron chi connectivity index (χ3n) is 10.4. The fraction of sp³-hybridized carbons (Fsp3) is 0.571. The van der Waals surface area contributed by atoms with Crippen molar-refractivity contribution < 1.29 is 25.3 Å². The molecule has 1 aliphatic heterocycles. The van der Waals surface area contributed by atoms with Gasteiger partial charge in [-0.15, -0.1) is 0 Å². The zero-order valence-corrected chi connectivity index (χ0v) is 35.2. The summed E-state index contributed by atoms with van der Waals surface area (Å²) in [5.41, 5.74) is 3.02. The standard InChI is InChI=1S/C42H63N3O6S3/c1-37-19-25-40(26-20-37)52(46,47)43-31-13-7-4-9-15-33-44(53(48,49)41-27-21-38(2)22-28-41)35-17-11-6-12-18-36-45(34-16-10-5-8-14-32-43)54(50,51)42-29-23-39(3)24-30-42/h19-30H,4-18,31-36H2,1-3H3. The lowest BCUT2D eigenvalue weighted by molar-refractivity contribution is 0.365. The molecule has 0 unspecified atom stereocenters. The van der Waals surface area contributed by atoms with Crippen molar-refractivity contribution in [1.29, 1.82) is 0 Å². The van der Waals surface area contributed by atoms with Gasteiger partial charge in [0.25, 0.3) is 0 Å².